The molecule has 0 N–H and O–H groups in total. The Balaban J connectivity index is 2.44. The largest absolute Gasteiger partial charge is 0.246 e. The van der Waals surface area contributed by atoms with Crippen LogP contribution in [0.4, 0.5) is 0 Å². The summed E-state index contributed by atoms with van der Waals surface area (Å²) in [5.74, 6) is 0.737. The summed E-state index contributed by atoms with van der Waals surface area (Å²) in [5, 5.41) is 3.35. The van der Waals surface area contributed by atoms with Gasteiger partial charge >= 0.3 is 0 Å². The van der Waals surface area contributed by atoms with Crippen molar-refractivity contribution in [3.8, 4) is 0 Å². The van der Waals surface area contributed by atoms with Gasteiger partial charge in [-0.2, -0.15) is 0 Å². The van der Waals surface area contributed by atoms with Crippen LogP contribution in [0.2, 0.25) is 0 Å². The lowest BCUT2D eigenvalue weighted by molar-refractivity contribution is 0.899. The molecule has 1 heterocycles. The third-order valence-electron chi connectivity index (χ3n) is 1.49. The van der Waals surface area contributed by atoms with Crippen LogP contribution in [0.3, 0.4) is 0 Å². The molecule has 1 aromatic heterocycles. The number of halogens is 1. The van der Waals surface area contributed by atoms with Gasteiger partial charge in [0.1, 0.15) is 0 Å². The number of hydrogen-bond acceptors (Lipinski definition) is 2. The van der Waals surface area contributed by atoms with Gasteiger partial charge in [0.2, 0.25) is 0 Å². The standard InChI is InChI=1S/C8H12ClNS/c1-2-7-6-11-8(10-7)4-3-5-9/h6H,2-5H2,1H3. The van der Waals surface area contributed by atoms with E-state index in [0.29, 0.717) is 0 Å². The molecule has 0 fully saturated rings. The lowest BCUT2D eigenvalue weighted by Gasteiger charge is -1.89. The highest BCUT2D eigenvalue weighted by molar-refractivity contribution is 7.09. The maximum Gasteiger partial charge on any atom is 0.0928 e. The maximum atomic E-state index is 5.57. The number of hydrogen-bond donors (Lipinski definition) is 0. The molecule has 0 aromatic carbocycles. The topological polar surface area (TPSA) is 12.9 Å². The number of thiazole rings is 1. The molecule has 62 valence electrons. The van der Waals surface area contributed by atoms with E-state index in [2.05, 4.69) is 17.3 Å². The smallest absolute Gasteiger partial charge is 0.0928 e. The van der Waals surface area contributed by atoms with Crippen molar-refractivity contribution < 1.29 is 0 Å². The van der Waals surface area contributed by atoms with E-state index in [1.807, 2.05) is 0 Å². The molecule has 0 unspecified atom stereocenters. The molecule has 1 aromatic rings. The predicted molar refractivity (Wildman–Crippen MR) is 50.5 cm³/mol. The molecule has 0 saturated carbocycles. The van der Waals surface area contributed by atoms with E-state index in [0.717, 1.165) is 25.1 Å². The van der Waals surface area contributed by atoms with Crippen LogP contribution in [0, 0.1) is 0 Å². The van der Waals surface area contributed by atoms with Crippen LogP contribution in [-0.2, 0) is 12.8 Å². The summed E-state index contributed by atoms with van der Waals surface area (Å²) in [7, 11) is 0. The molecule has 0 bridgehead atoms. The number of aryl methyl sites for hydroxylation is 2. The zero-order chi connectivity index (χ0) is 8.10. The Bertz CT molecular complexity index is 210. The molecular formula is C8H12ClNS. The fraction of sp³-hybridized carbons (Fsp3) is 0.625. The number of nitrogens with zero attached hydrogens (tertiary/aromatic N) is 1. The van der Waals surface area contributed by atoms with Crippen molar-refractivity contribution in [2.45, 2.75) is 26.2 Å². The van der Waals surface area contributed by atoms with E-state index < -0.39 is 0 Å². The fourth-order valence-corrected chi connectivity index (χ4v) is 1.90. The molecular weight excluding hydrogens is 178 g/mol. The molecule has 1 nitrogen and oxygen atoms in total. The summed E-state index contributed by atoms with van der Waals surface area (Å²) >= 11 is 7.31. The second-order valence-corrected chi connectivity index (χ2v) is 3.70. The van der Waals surface area contributed by atoms with Crippen LogP contribution < -0.4 is 0 Å². The van der Waals surface area contributed by atoms with Crippen molar-refractivity contribution in [3.05, 3.63) is 16.1 Å². The van der Waals surface area contributed by atoms with Crippen LogP contribution in [0.15, 0.2) is 5.38 Å². The summed E-state index contributed by atoms with van der Waals surface area (Å²) < 4.78 is 0. The first-order valence-electron chi connectivity index (χ1n) is 3.86. The molecule has 3 heteroatoms. The Morgan fingerprint density at radius 1 is 1.64 bits per heavy atom. The average molecular weight is 190 g/mol. The molecule has 11 heavy (non-hydrogen) atoms. The third kappa shape index (κ3) is 2.80. The monoisotopic (exact) mass is 189 g/mol. The molecule has 0 atom stereocenters. The lowest BCUT2D eigenvalue weighted by Crippen LogP contribution is -1.86. The van der Waals surface area contributed by atoms with Crippen molar-refractivity contribution in [1.29, 1.82) is 0 Å². The highest BCUT2D eigenvalue weighted by Crippen LogP contribution is 2.12. The minimum atomic E-state index is 0.737. The van der Waals surface area contributed by atoms with E-state index in [4.69, 9.17) is 11.6 Å². The van der Waals surface area contributed by atoms with Crippen molar-refractivity contribution >= 4 is 22.9 Å². The van der Waals surface area contributed by atoms with E-state index in [1.165, 1.54) is 10.7 Å². The van der Waals surface area contributed by atoms with Gasteiger partial charge in [-0.05, 0) is 12.8 Å². The number of aromatic nitrogens is 1. The van der Waals surface area contributed by atoms with Crippen molar-refractivity contribution in [2.75, 3.05) is 5.88 Å². The van der Waals surface area contributed by atoms with E-state index in [1.54, 1.807) is 11.3 Å². The van der Waals surface area contributed by atoms with Crippen molar-refractivity contribution in [1.82, 2.24) is 4.98 Å². The number of alkyl halides is 1. The quantitative estimate of drug-likeness (QED) is 0.664. The summed E-state index contributed by atoms with van der Waals surface area (Å²) in [6.07, 6.45) is 3.11. The Kier molecular flexibility index (Phi) is 3.87. The second kappa shape index (κ2) is 4.73. The molecule has 0 saturated heterocycles. The van der Waals surface area contributed by atoms with Gasteiger partial charge in [0.15, 0.2) is 0 Å². The van der Waals surface area contributed by atoms with Crippen LogP contribution >= 0.6 is 22.9 Å². The Labute approximate surface area is 76.4 Å². The van der Waals surface area contributed by atoms with Gasteiger partial charge in [-0.15, -0.1) is 22.9 Å². The molecule has 0 aliphatic carbocycles. The first-order valence-corrected chi connectivity index (χ1v) is 5.27. The van der Waals surface area contributed by atoms with Gasteiger partial charge in [-0.25, -0.2) is 4.98 Å². The fourth-order valence-electron chi connectivity index (χ4n) is 0.844. The van der Waals surface area contributed by atoms with Gasteiger partial charge in [-0.1, -0.05) is 6.92 Å². The third-order valence-corrected chi connectivity index (χ3v) is 2.71. The van der Waals surface area contributed by atoms with Crippen LogP contribution in [0.1, 0.15) is 24.0 Å². The highest BCUT2D eigenvalue weighted by atomic mass is 35.5. The molecule has 0 radical (unpaired) electrons. The van der Waals surface area contributed by atoms with Crippen molar-refractivity contribution in [2.24, 2.45) is 0 Å². The minimum Gasteiger partial charge on any atom is -0.246 e. The van der Waals surface area contributed by atoms with Crippen molar-refractivity contribution in [3.63, 3.8) is 0 Å². The van der Waals surface area contributed by atoms with Gasteiger partial charge < -0.3 is 0 Å². The first-order chi connectivity index (χ1) is 5.36. The lowest BCUT2D eigenvalue weighted by atomic mass is 10.3. The predicted octanol–water partition coefficient (Wildman–Crippen LogP) is 2.88. The number of rotatable bonds is 4. The summed E-state index contributed by atoms with van der Waals surface area (Å²) in [5.41, 5.74) is 1.21. The van der Waals surface area contributed by atoms with Gasteiger partial charge in [0, 0.05) is 17.7 Å². The Morgan fingerprint density at radius 2 is 2.45 bits per heavy atom. The summed E-state index contributed by atoms with van der Waals surface area (Å²) in [6, 6.07) is 0. The average Bonchev–Trinajstić information content (AvgIpc) is 2.48. The molecule has 0 aliphatic rings. The zero-order valence-electron chi connectivity index (χ0n) is 6.64. The Hall–Kier alpha value is -0.0800. The second-order valence-electron chi connectivity index (χ2n) is 2.38. The molecule has 0 spiro atoms. The van der Waals surface area contributed by atoms with Crippen LogP contribution in [-0.4, -0.2) is 10.9 Å². The van der Waals surface area contributed by atoms with E-state index in [-0.39, 0.29) is 0 Å². The van der Waals surface area contributed by atoms with Gasteiger partial charge in [-0.3, -0.25) is 0 Å². The highest BCUT2D eigenvalue weighted by Gasteiger charge is 1.98. The maximum absolute atomic E-state index is 5.57. The SMILES string of the molecule is CCc1csc(CCCCl)n1. The minimum absolute atomic E-state index is 0.737. The molecule has 0 aliphatic heterocycles. The Morgan fingerprint density at radius 3 is 3.00 bits per heavy atom. The van der Waals surface area contributed by atoms with Gasteiger partial charge in [0.05, 0.1) is 10.7 Å². The summed E-state index contributed by atoms with van der Waals surface area (Å²) in [4.78, 5) is 4.43. The van der Waals surface area contributed by atoms with E-state index in [9.17, 15) is 0 Å². The van der Waals surface area contributed by atoms with Crippen LogP contribution in [0.25, 0.3) is 0 Å². The molecule has 1 rings (SSSR count). The van der Waals surface area contributed by atoms with Crippen LogP contribution in [0.5, 0.6) is 0 Å². The summed E-state index contributed by atoms with van der Waals surface area (Å²) in [6.45, 7) is 2.13. The first kappa shape index (κ1) is 9.01. The normalized spacial score (nSPS) is 10.4. The van der Waals surface area contributed by atoms with E-state index >= 15 is 0 Å². The zero-order valence-corrected chi connectivity index (χ0v) is 8.21. The molecule has 0 amide bonds. The van der Waals surface area contributed by atoms with Gasteiger partial charge in [0.25, 0.3) is 0 Å².